The molecule has 0 bridgehead atoms. The Labute approximate surface area is 94.1 Å². The molecule has 4 heteroatoms. The Balaban J connectivity index is 2.67. The summed E-state index contributed by atoms with van der Waals surface area (Å²) in [7, 11) is 1.60. The largest absolute Gasteiger partial charge is 0.305 e. The molecule has 2 nitrogen and oxygen atoms in total. The molecule has 1 unspecified atom stereocenters. The van der Waals surface area contributed by atoms with E-state index in [4.69, 9.17) is 28.0 Å². The van der Waals surface area contributed by atoms with Crippen LogP contribution in [-0.4, -0.2) is 13.2 Å². The molecule has 0 radical (unpaired) electrons. The van der Waals surface area contributed by atoms with E-state index in [1.54, 1.807) is 13.2 Å². The number of hydrogen-bond acceptors (Lipinski definition) is 2. The van der Waals surface area contributed by atoms with Gasteiger partial charge in [0.2, 0.25) is 0 Å². The van der Waals surface area contributed by atoms with Crippen molar-refractivity contribution in [1.82, 2.24) is 5.48 Å². The average molecular weight is 234 g/mol. The Morgan fingerprint density at radius 1 is 1.43 bits per heavy atom. The molecule has 0 heterocycles. The van der Waals surface area contributed by atoms with Crippen LogP contribution < -0.4 is 5.48 Å². The van der Waals surface area contributed by atoms with Crippen LogP contribution in [0.25, 0.3) is 0 Å². The molecule has 0 spiro atoms. The molecule has 1 N–H and O–H groups in total. The standard InChI is InChI=1S/C10H13Cl2NO/c1-7(13-14-2)5-8-3-4-9(11)6-10(8)12/h3-4,6-7,13H,5H2,1-2H3. The van der Waals surface area contributed by atoms with Gasteiger partial charge >= 0.3 is 0 Å². The monoisotopic (exact) mass is 233 g/mol. The van der Waals surface area contributed by atoms with E-state index < -0.39 is 0 Å². The lowest BCUT2D eigenvalue weighted by Crippen LogP contribution is -2.26. The molecule has 1 aromatic carbocycles. The third-order valence-electron chi connectivity index (χ3n) is 1.86. The average Bonchev–Trinajstić information content (AvgIpc) is 2.10. The van der Waals surface area contributed by atoms with Crippen LogP contribution in [0, 0.1) is 0 Å². The van der Waals surface area contributed by atoms with E-state index in [2.05, 4.69) is 5.48 Å². The van der Waals surface area contributed by atoms with Crippen molar-refractivity contribution in [1.29, 1.82) is 0 Å². The molecule has 0 saturated heterocycles. The van der Waals surface area contributed by atoms with Crippen LogP contribution in [0.15, 0.2) is 18.2 Å². The number of nitrogens with one attached hydrogen (secondary N) is 1. The minimum absolute atomic E-state index is 0.221. The van der Waals surface area contributed by atoms with Crippen LogP contribution in [0.1, 0.15) is 12.5 Å². The second kappa shape index (κ2) is 5.56. The summed E-state index contributed by atoms with van der Waals surface area (Å²) in [5, 5.41) is 1.35. The predicted octanol–water partition coefficient (Wildman–Crippen LogP) is 3.08. The van der Waals surface area contributed by atoms with Crippen molar-refractivity contribution in [2.24, 2.45) is 0 Å². The molecule has 0 aliphatic rings. The first-order chi connectivity index (χ1) is 6.63. The van der Waals surface area contributed by atoms with Crippen molar-refractivity contribution in [3.8, 4) is 0 Å². The first-order valence-corrected chi connectivity index (χ1v) is 5.11. The maximum absolute atomic E-state index is 6.02. The number of halogens is 2. The third kappa shape index (κ3) is 3.46. The summed E-state index contributed by atoms with van der Waals surface area (Å²) in [4.78, 5) is 4.82. The van der Waals surface area contributed by atoms with Gasteiger partial charge in [0.15, 0.2) is 0 Å². The second-order valence-corrected chi connectivity index (χ2v) is 4.01. The Morgan fingerprint density at radius 3 is 2.71 bits per heavy atom. The third-order valence-corrected chi connectivity index (χ3v) is 2.45. The molecule has 0 aromatic heterocycles. The van der Waals surface area contributed by atoms with Crippen LogP contribution >= 0.6 is 23.2 Å². The van der Waals surface area contributed by atoms with Crippen LogP contribution in [0.4, 0.5) is 0 Å². The van der Waals surface area contributed by atoms with Crippen molar-refractivity contribution >= 4 is 23.2 Å². The zero-order chi connectivity index (χ0) is 10.6. The molecule has 1 aromatic rings. The van der Waals surface area contributed by atoms with Gasteiger partial charge in [-0.15, -0.1) is 0 Å². The minimum Gasteiger partial charge on any atom is -0.305 e. The van der Waals surface area contributed by atoms with Gasteiger partial charge in [0.25, 0.3) is 0 Å². The highest BCUT2D eigenvalue weighted by Crippen LogP contribution is 2.21. The van der Waals surface area contributed by atoms with Gasteiger partial charge in [0.1, 0.15) is 0 Å². The molecule has 0 saturated carbocycles. The number of hydroxylamine groups is 1. The van der Waals surface area contributed by atoms with Gasteiger partial charge < -0.3 is 4.84 Å². The zero-order valence-electron chi connectivity index (χ0n) is 8.18. The first kappa shape index (κ1) is 11.8. The maximum Gasteiger partial charge on any atom is 0.0572 e. The summed E-state index contributed by atoms with van der Waals surface area (Å²) >= 11 is 11.8. The molecule has 1 atom stereocenters. The molecule has 14 heavy (non-hydrogen) atoms. The van der Waals surface area contributed by atoms with E-state index >= 15 is 0 Å². The molecule has 0 aliphatic heterocycles. The van der Waals surface area contributed by atoms with E-state index in [1.807, 2.05) is 19.1 Å². The topological polar surface area (TPSA) is 21.3 Å². The summed E-state index contributed by atoms with van der Waals surface area (Å²) < 4.78 is 0. The van der Waals surface area contributed by atoms with Crippen molar-refractivity contribution in [2.75, 3.05) is 7.11 Å². The van der Waals surface area contributed by atoms with Gasteiger partial charge in [-0.3, -0.25) is 0 Å². The quantitative estimate of drug-likeness (QED) is 0.808. The summed E-state index contributed by atoms with van der Waals surface area (Å²) in [6.07, 6.45) is 0.809. The van der Waals surface area contributed by atoms with Crippen molar-refractivity contribution in [2.45, 2.75) is 19.4 Å². The van der Waals surface area contributed by atoms with Gasteiger partial charge in [-0.2, -0.15) is 5.48 Å². The number of hydrogen-bond donors (Lipinski definition) is 1. The summed E-state index contributed by atoms with van der Waals surface area (Å²) in [5.41, 5.74) is 3.91. The summed E-state index contributed by atoms with van der Waals surface area (Å²) in [6, 6.07) is 5.73. The zero-order valence-corrected chi connectivity index (χ0v) is 9.69. The lowest BCUT2D eigenvalue weighted by Gasteiger charge is -2.12. The van der Waals surface area contributed by atoms with Crippen molar-refractivity contribution in [3.63, 3.8) is 0 Å². The van der Waals surface area contributed by atoms with E-state index in [9.17, 15) is 0 Å². The van der Waals surface area contributed by atoms with Crippen LogP contribution in [0.3, 0.4) is 0 Å². The Bertz CT molecular complexity index is 304. The van der Waals surface area contributed by atoms with Gasteiger partial charge in [-0.25, -0.2) is 0 Å². The number of rotatable bonds is 4. The summed E-state index contributed by atoms with van der Waals surface area (Å²) in [6.45, 7) is 2.02. The van der Waals surface area contributed by atoms with Crippen molar-refractivity contribution in [3.05, 3.63) is 33.8 Å². The van der Waals surface area contributed by atoms with E-state index in [0.717, 1.165) is 12.0 Å². The molecule has 0 amide bonds. The fourth-order valence-corrected chi connectivity index (χ4v) is 1.75. The minimum atomic E-state index is 0.221. The lowest BCUT2D eigenvalue weighted by molar-refractivity contribution is 0.0661. The van der Waals surface area contributed by atoms with E-state index in [-0.39, 0.29) is 6.04 Å². The highest BCUT2D eigenvalue weighted by molar-refractivity contribution is 6.35. The number of benzene rings is 1. The predicted molar refractivity (Wildman–Crippen MR) is 59.8 cm³/mol. The smallest absolute Gasteiger partial charge is 0.0572 e. The van der Waals surface area contributed by atoms with Gasteiger partial charge in [0.05, 0.1) is 7.11 Å². The second-order valence-electron chi connectivity index (χ2n) is 3.16. The fourth-order valence-electron chi connectivity index (χ4n) is 1.26. The van der Waals surface area contributed by atoms with E-state index in [1.165, 1.54) is 0 Å². The Hall–Kier alpha value is -0.280. The molecule has 0 aliphatic carbocycles. The van der Waals surface area contributed by atoms with Gasteiger partial charge in [-0.1, -0.05) is 29.3 Å². The van der Waals surface area contributed by atoms with Gasteiger partial charge in [-0.05, 0) is 31.0 Å². The first-order valence-electron chi connectivity index (χ1n) is 4.36. The molecule has 0 fully saturated rings. The van der Waals surface area contributed by atoms with Crippen LogP contribution in [0.2, 0.25) is 10.0 Å². The SMILES string of the molecule is CONC(C)Cc1ccc(Cl)cc1Cl. The summed E-state index contributed by atoms with van der Waals surface area (Å²) in [5.74, 6) is 0. The fraction of sp³-hybridized carbons (Fsp3) is 0.400. The Morgan fingerprint density at radius 2 is 2.14 bits per heavy atom. The molecule has 1 rings (SSSR count). The van der Waals surface area contributed by atoms with Crippen LogP contribution in [0.5, 0.6) is 0 Å². The molecular weight excluding hydrogens is 221 g/mol. The Kier molecular flexibility index (Phi) is 4.69. The normalized spacial score (nSPS) is 12.9. The van der Waals surface area contributed by atoms with Gasteiger partial charge in [0, 0.05) is 16.1 Å². The van der Waals surface area contributed by atoms with E-state index in [0.29, 0.717) is 10.0 Å². The van der Waals surface area contributed by atoms with Crippen LogP contribution in [-0.2, 0) is 11.3 Å². The lowest BCUT2D eigenvalue weighted by atomic mass is 10.1. The molecular formula is C10H13Cl2NO. The highest BCUT2D eigenvalue weighted by atomic mass is 35.5. The van der Waals surface area contributed by atoms with Crippen molar-refractivity contribution < 1.29 is 4.84 Å². The molecule has 78 valence electrons. The highest BCUT2D eigenvalue weighted by Gasteiger charge is 2.06. The maximum atomic E-state index is 6.02.